The summed E-state index contributed by atoms with van der Waals surface area (Å²) in [4.78, 5) is 0. The second-order valence-corrected chi connectivity index (χ2v) is 7.43. The Morgan fingerprint density at radius 1 is 1.14 bits per heavy atom. The van der Waals surface area contributed by atoms with E-state index >= 15 is 0 Å². The van der Waals surface area contributed by atoms with Crippen LogP contribution in [0, 0.1) is 0 Å². The maximum Gasteiger partial charge on any atom is 0.203 e. The number of hydrogen-bond donors (Lipinski definition) is 1. The molecule has 7 heteroatoms. The average molecular weight is 318 g/mol. The van der Waals surface area contributed by atoms with E-state index in [0.29, 0.717) is 22.8 Å². The van der Waals surface area contributed by atoms with Crippen LogP contribution in [0.15, 0.2) is 12.1 Å². The molecule has 0 bridgehead atoms. The molecule has 0 unspecified atom stereocenters. The quantitative estimate of drug-likeness (QED) is 0.780. The highest BCUT2D eigenvalue weighted by atomic mass is 32.2. The zero-order chi connectivity index (χ0) is 16.0. The first-order valence-electron chi connectivity index (χ1n) is 6.55. The van der Waals surface area contributed by atoms with E-state index in [1.807, 2.05) is 0 Å². The Hall–Kier alpha value is -1.47. The second-order valence-electron chi connectivity index (χ2n) is 4.75. The van der Waals surface area contributed by atoms with E-state index in [4.69, 9.17) is 14.2 Å². The highest BCUT2D eigenvalue weighted by Gasteiger charge is 2.18. The van der Waals surface area contributed by atoms with Gasteiger partial charge in [0, 0.05) is 0 Å². The van der Waals surface area contributed by atoms with E-state index in [1.54, 1.807) is 26.0 Å². The Kier molecular flexibility index (Phi) is 6.29. The zero-order valence-corrected chi connectivity index (χ0v) is 13.6. The van der Waals surface area contributed by atoms with Crippen LogP contribution in [0.5, 0.6) is 17.2 Å². The highest BCUT2D eigenvalue weighted by molar-refractivity contribution is 7.91. The molecule has 0 radical (unpaired) electrons. The number of ether oxygens (including phenoxy) is 3. The van der Waals surface area contributed by atoms with Crippen molar-refractivity contribution in [1.29, 1.82) is 0 Å². The molecule has 0 heterocycles. The summed E-state index contributed by atoms with van der Waals surface area (Å²) < 4.78 is 39.4. The number of aliphatic hydroxyl groups is 1. The van der Waals surface area contributed by atoms with Gasteiger partial charge in [-0.25, -0.2) is 8.42 Å². The van der Waals surface area contributed by atoms with Crippen molar-refractivity contribution in [3.63, 3.8) is 0 Å². The third-order valence-corrected chi connectivity index (χ3v) is 5.21. The molecule has 120 valence electrons. The molecule has 0 aromatic heterocycles. The molecule has 6 nitrogen and oxygen atoms in total. The number of aliphatic hydroxyl groups excluding tert-OH is 1. The van der Waals surface area contributed by atoms with Crippen LogP contribution in [0.4, 0.5) is 0 Å². The van der Waals surface area contributed by atoms with Crippen molar-refractivity contribution >= 4 is 9.84 Å². The van der Waals surface area contributed by atoms with Crippen molar-refractivity contribution in [3.8, 4) is 17.2 Å². The lowest BCUT2D eigenvalue weighted by atomic mass is 10.2. The normalized spacial score (nSPS) is 11.5. The Morgan fingerprint density at radius 3 is 2.05 bits per heavy atom. The lowest BCUT2D eigenvalue weighted by Gasteiger charge is -2.16. The molecule has 1 rings (SSSR count). The topological polar surface area (TPSA) is 82.1 Å². The number of benzene rings is 1. The second kappa shape index (κ2) is 7.51. The monoisotopic (exact) mass is 318 g/mol. The molecular weight excluding hydrogens is 296 g/mol. The smallest absolute Gasteiger partial charge is 0.203 e. The Bertz CT molecular complexity index is 540. The van der Waals surface area contributed by atoms with Crippen LogP contribution in [0.25, 0.3) is 0 Å². The summed E-state index contributed by atoms with van der Waals surface area (Å²) in [6.07, 6.45) is 0. The first-order valence-corrected chi connectivity index (χ1v) is 8.27. The minimum absolute atomic E-state index is 0.00566. The van der Waals surface area contributed by atoms with Crippen LogP contribution < -0.4 is 14.2 Å². The third-order valence-electron chi connectivity index (χ3n) is 3.04. The van der Waals surface area contributed by atoms with Crippen LogP contribution >= 0.6 is 0 Å². The van der Waals surface area contributed by atoms with Crippen molar-refractivity contribution in [1.82, 2.24) is 0 Å². The van der Waals surface area contributed by atoms with Crippen molar-refractivity contribution in [2.24, 2.45) is 0 Å². The van der Waals surface area contributed by atoms with Gasteiger partial charge < -0.3 is 19.3 Å². The molecule has 0 saturated carbocycles. The van der Waals surface area contributed by atoms with E-state index in [0.717, 1.165) is 0 Å². The van der Waals surface area contributed by atoms with Gasteiger partial charge in [-0.2, -0.15) is 0 Å². The van der Waals surface area contributed by atoms with E-state index in [9.17, 15) is 13.5 Å². The van der Waals surface area contributed by atoms with Crippen LogP contribution in [-0.4, -0.2) is 45.4 Å². The Balaban J connectivity index is 2.92. The number of methoxy groups -OCH3 is 2. The summed E-state index contributed by atoms with van der Waals surface area (Å²) >= 11 is 0. The zero-order valence-electron chi connectivity index (χ0n) is 12.8. The maximum atomic E-state index is 11.8. The lowest BCUT2D eigenvalue weighted by molar-refractivity contribution is 0.272. The van der Waals surface area contributed by atoms with Crippen molar-refractivity contribution in [2.75, 3.05) is 26.6 Å². The van der Waals surface area contributed by atoms with E-state index in [-0.39, 0.29) is 19.0 Å². The van der Waals surface area contributed by atoms with Crippen LogP contribution in [0.2, 0.25) is 0 Å². The number of sulfone groups is 1. The van der Waals surface area contributed by atoms with Gasteiger partial charge in [0.25, 0.3) is 0 Å². The van der Waals surface area contributed by atoms with Crippen molar-refractivity contribution in [2.45, 2.75) is 25.7 Å². The molecule has 1 aromatic rings. The van der Waals surface area contributed by atoms with Crippen molar-refractivity contribution in [3.05, 3.63) is 17.7 Å². The van der Waals surface area contributed by atoms with Gasteiger partial charge in [-0.3, -0.25) is 0 Å². The van der Waals surface area contributed by atoms with Gasteiger partial charge in [0.2, 0.25) is 5.75 Å². The molecule has 0 amide bonds. The highest BCUT2D eigenvalue weighted by Crippen LogP contribution is 2.38. The van der Waals surface area contributed by atoms with E-state index in [2.05, 4.69) is 0 Å². The minimum atomic E-state index is -3.17. The SMILES string of the molecule is COc1cc(CO)cc(OC)c1OCCS(=O)(=O)C(C)C. The van der Waals surface area contributed by atoms with Crippen LogP contribution in [0.3, 0.4) is 0 Å². The summed E-state index contributed by atoms with van der Waals surface area (Å²) in [6, 6.07) is 3.24. The van der Waals surface area contributed by atoms with Gasteiger partial charge in [0.05, 0.1) is 31.8 Å². The molecule has 1 aromatic carbocycles. The molecule has 0 spiro atoms. The summed E-state index contributed by atoms with van der Waals surface area (Å²) in [5.74, 6) is 1.02. The van der Waals surface area contributed by atoms with Gasteiger partial charge >= 0.3 is 0 Å². The molecule has 0 aliphatic heterocycles. The summed E-state index contributed by atoms with van der Waals surface area (Å²) in [5, 5.41) is 8.74. The van der Waals surface area contributed by atoms with E-state index in [1.165, 1.54) is 14.2 Å². The molecule has 0 aliphatic rings. The van der Waals surface area contributed by atoms with Crippen LogP contribution in [0.1, 0.15) is 19.4 Å². The predicted octanol–water partition coefficient (Wildman–Crippen LogP) is 1.40. The first kappa shape index (κ1) is 17.6. The molecule has 1 N–H and O–H groups in total. The fourth-order valence-electron chi connectivity index (χ4n) is 1.66. The van der Waals surface area contributed by atoms with Gasteiger partial charge in [0.15, 0.2) is 21.3 Å². The number of rotatable bonds is 8. The first-order chi connectivity index (χ1) is 9.85. The standard InChI is InChI=1S/C14H22O6S/c1-10(2)21(16,17)6-5-20-14-12(18-3)7-11(9-15)8-13(14)19-4/h7-8,10,15H,5-6,9H2,1-4H3. The average Bonchev–Trinajstić information content (AvgIpc) is 2.46. The molecule has 21 heavy (non-hydrogen) atoms. The third kappa shape index (κ3) is 4.50. The van der Waals surface area contributed by atoms with Gasteiger partial charge in [-0.15, -0.1) is 0 Å². The van der Waals surface area contributed by atoms with Gasteiger partial charge in [0.1, 0.15) is 6.61 Å². The molecule has 0 atom stereocenters. The minimum Gasteiger partial charge on any atom is -0.493 e. The van der Waals surface area contributed by atoms with E-state index < -0.39 is 15.1 Å². The summed E-state index contributed by atoms with van der Waals surface area (Å²) in [7, 11) is -0.235. The van der Waals surface area contributed by atoms with Crippen molar-refractivity contribution < 1.29 is 27.7 Å². The predicted molar refractivity (Wildman–Crippen MR) is 79.9 cm³/mol. The number of hydrogen-bond acceptors (Lipinski definition) is 6. The fourth-order valence-corrected chi connectivity index (χ4v) is 2.45. The maximum absolute atomic E-state index is 11.8. The molecular formula is C14H22O6S. The van der Waals surface area contributed by atoms with Gasteiger partial charge in [-0.1, -0.05) is 0 Å². The Labute approximate surface area is 125 Å². The van der Waals surface area contributed by atoms with Crippen LogP contribution in [-0.2, 0) is 16.4 Å². The Morgan fingerprint density at radius 2 is 1.67 bits per heavy atom. The summed E-state index contributed by atoms with van der Waals surface area (Å²) in [5.41, 5.74) is 0.617. The fraction of sp³-hybridized carbons (Fsp3) is 0.571. The largest absolute Gasteiger partial charge is 0.493 e. The molecule has 0 fully saturated rings. The molecule has 0 saturated heterocycles. The molecule has 0 aliphatic carbocycles. The summed E-state index contributed by atoms with van der Waals surface area (Å²) in [6.45, 7) is 3.11. The van der Waals surface area contributed by atoms with Gasteiger partial charge in [-0.05, 0) is 31.5 Å². The lowest BCUT2D eigenvalue weighted by Crippen LogP contribution is -2.22.